The Hall–Kier alpha value is -3.03. The van der Waals surface area contributed by atoms with Crippen molar-refractivity contribution >= 4 is 50.5 Å². The van der Waals surface area contributed by atoms with E-state index in [9.17, 15) is 0 Å². The Labute approximate surface area is 196 Å². The average molecular weight is 433 g/mol. The Kier molecular flexibility index (Phi) is 5.53. The van der Waals surface area contributed by atoms with E-state index in [1.807, 2.05) is 6.08 Å². The lowest BCUT2D eigenvalue weighted by Crippen LogP contribution is -1.95. The number of hydrogen-bond donors (Lipinski definition) is 1. The molecule has 0 radical (unpaired) electrons. The minimum atomic E-state index is 0.873. The first-order valence-corrected chi connectivity index (χ1v) is 12.0. The van der Waals surface area contributed by atoms with E-state index in [2.05, 4.69) is 106 Å². The van der Waals surface area contributed by atoms with Crippen molar-refractivity contribution in [2.24, 2.45) is 0 Å². The van der Waals surface area contributed by atoms with E-state index in [1.54, 1.807) is 0 Å². The highest BCUT2D eigenvalue weighted by atomic mass is 32.1. The van der Waals surface area contributed by atoms with Crippen LogP contribution >= 0.6 is 12.6 Å². The summed E-state index contributed by atoms with van der Waals surface area (Å²) in [5, 5.41) is 8.04. The maximum Gasteiger partial charge on any atom is -0.00176 e. The first-order valence-electron chi connectivity index (χ1n) is 11.3. The molecule has 32 heavy (non-hydrogen) atoms. The molecule has 5 rings (SSSR count). The Bertz CT molecular complexity index is 1470. The minimum Gasteiger partial charge on any atom is -0.179 e. The van der Waals surface area contributed by atoms with Crippen molar-refractivity contribution in [2.75, 3.05) is 5.75 Å². The van der Waals surface area contributed by atoms with Gasteiger partial charge in [-0.2, -0.15) is 12.6 Å². The molecule has 0 aliphatic carbocycles. The fourth-order valence-electron chi connectivity index (χ4n) is 5.01. The maximum atomic E-state index is 4.37. The molecule has 0 aliphatic rings. The maximum absolute atomic E-state index is 4.37. The van der Waals surface area contributed by atoms with Crippen LogP contribution in [0.3, 0.4) is 0 Å². The van der Waals surface area contributed by atoms with E-state index in [0.717, 1.165) is 18.6 Å². The van der Waals surface area contributed by atoms with Gasteiger partial charge >= 0.3 is 0 Å². The quantitative estimate of drug-likeness (QED) is 0.155. The van der Waals surface area contributed by atoms with Gasteiger partial charge in [0.2, 0.25) is 0 Å². The predicted molar refractivity (Wildman–Crippen MR) is 146 cm³/mol. The van der Waals surface area contributed by atoms with Crippen molar-refractivity contribution in [1.82, 2.24) is 0 Å². The minimum absolute atomic E-state index is 0.873. The highest BCUT2D eigenvalue weighted by molar-refractivity contribution is 7.80. The second-order valence-corrected chi connectivity index (χ2v) is 9.03. The van der Waals surface area contributed by atoms with E-state index >= 15 is 0 Å². The largest absolute Gasteiger partial charge is 0.179 e. The summed E-state index contributed by atoms with van der Waals surface area (Å²) in [6.07, 6.45) is 6.10. The fourth-order valence-corrected chi connectivity index (χ4v) is 5.27. The fraction of sp³-hybridized carbons (Fsp3) is 0.161. The van der Waals surface area contributed by atoms with Crippen LogP contribution in [-0.2, 0) is 12.8 Å². The monoisotopic (exact) mass is 432 g/mol. The normalized spacial score (nSPS) is 12.3. The molecule has 0 saturated heterocycles. The van der Waals surface area contributed by atoms with Crippen LogP contribution in [-0.4, -0.2) is 5.75 Å². The lowest BCUT2D eigenvalue weighted by atomic mass is 9.85. The molecule has 5 aromatic carbocycles. The van der Waals surface area contributed by atoms with Gasteiger partial charge in [-0.1, -0.05) is 72.8 Å². The topological polar surface area (TPSA) is 0 Å². The van der Waals surface area contributed by atoms with Crippen LogP contribution in [0.1, 0.15) is 30.5 Å². The molecule has 0 atom stereocenters. The second kappa shape index (κ2) is 8.48. The van der Waals surface area contributed by atoms with Gasteiger partial charge in [0.1, 0.15) is 0 Å². The van der Waals surface area contributed by atoms with Gasteiger partial charge in [0.25, 0.3) is 0 Å². The Morgan fingerprint density at radius 1 is 0.875 bits per heavy atom. The molecule has 0 saturated carbocycles. The van der Waals surface area contributed by atoms with Crippen molar-refractivity contribution in [1.29, 1.82) is 0 Å². The number of aryl methyl sites for hydroxylation is 1. The number of benzene rings is 5. The summed E-state index contributed by atoms with van der Waals surface area (Å²) in [5.41, 5.74) is 7.88. The third-order valence-electron chi connectivity index (χ3n) is 6.75. The molecule has 0 unspecified atom stereocenters. The number of hydrogen-bond acceptors (Lipinski definition) is 1. The van der Waals surface area contributed by atoms with Gasteiger partial charge in [-0.25, -0.2) is 0 Å². The molecule has 0 amide bonds. The molecule has 0 fully saturated rings. The van der Waals surface area contributed by atoms with E-state index in [1.165, 1.54) is 65.7 Å². The van der Waals surface area contributed by atoms with Gasteiger partial charge in [-0.15, -0.1) is 6.58 Å². The lowest BCUT2D eigenvalue weighted by Gasteiger charge is -2.19. The molecule has 0 heterocycles. The zero-order chi connectivity index (χ0) is 22.2. The summed E-state index contributed by atoms with van der Waals surface area (Å²) < 4.78 is 0. The van der Waals surface area contributed by atoms with Crippen LogP contribution in [0.2, 0.25) is 0 Å². The Morgan fingerprint density at radius 3 is 2.31 bits per heavy atom. The van der Waals surface area contributed by atoms with Crippen molar-refractivity contribution in [3.63, 3.8) is 0 Å². The molecular formula is C31H28S. The first-order chi connectivity index (χ1) is 15.7. The van der Waals surface area contributed by atoms with Crippen LogP contribution in [0.5, 0.6) is 0 Å². The van der Waals surface area contributed by atoms with E-state index in [4.69, 9.17) is 0 Å². The average Bonchev–Trinajstić information content (AvgIpc) is 2.83. The molecule has 1 heteroatoms. The summed E-state index contributed by atoms with van der Waals surface area (Å²) in [5.74, 6) is 0.874. The Balaban J connectivity index is 1.86. The smallest absolute Gasteiger partial charge is 0.00176 e. The molecule has 0 aromatic heterocycles. The zero-order valence-corrected chi connectivity index (χ0v) is 19.7. The second-order valence-electron chi connectivity index (χ2n) is 8.58. The van der Waals surface area contributed by atoms with Gasteiger partial charge in [-0.3, -0.25) is 0 Å². The van der Waals surface area contributed by atoms with Gasteiger partial charge in [-0.05, 0) is 104 Å². The molecule has 0 spiro atoms. The molecule has 5 aromatic rings. The number of allylic oxidation sites excluding steroid dienone is 3. The zero-order valence-electron chi connectivity index (χ0n) is 18.8. The predicted octanol–water partition coefficient (Wildman–Crippen LogP) is 8.87. The molecule has 0 bridgehead atoms. The molecule has 158 valence electrons. The molecule has 0 N–H and O–H groups in total. The van der Waals surface area contributed by atoms with Gasteiger partial charge in [0, 0.05) is 0 Å². The number of rotatable bonds is 6. The van der Waals surface area contributed by atoms with Crippen LogP contribution < -0.4 is 0 Å². The van der Waals surface area contributed by atoms with Crippen LogP contribution in [0.15, 0.2) is 85.5 Å². The molecule has 0 aliphatic heterocycles. The Morgan fingerprint density at radius 2 is 1.59 bits per heavy atom. The summed E-state index contributed by atoms with van der Waals surface area (Å²) in [6, 6.07) is 25.1. The van der Waals surface area contributed by atoms with Crippen molar-refractivity contribution in [3.05, 3.63) is 102 Å². The van der Waals surface area contributed by atoms with Crippen molar-refractivity contribution < 1.29 is 0 Å². The third kappa shape index (κ3) is 3.32. The lowest BCUT2D eigenvalue weighted by molar-refractivity contribution is 1.16. The molecular weight excluding hydrogens is 404 g/mol. The van der Waals surface area contributed by atoms with Crippen LogP contribution in [0.25, 0.3) is 49.0 Å². The van der Waals surface area contributed by atoms with Gasteiger partial charge in [0.05, 0.1) is 0 Å². The van der Waals surface area contributed by atoms with E-state index in [0.29, 0.717) is 0 Å². The van der Waals surface area contributed by atoms with Gasteiger partial charge in [0.15, 0.2) is 0 Å². The summed E-state index contributed by atoms with van der Waals surface area (Å²) in [7, 11) is 0. The summed E-state index contributed by atoms with van der Waals surface area (Å²) in [6.45, 7) is 8.35. The SMILES string of the molecule is C=CCc1cc(/C(C)=C/C)c2ccc3ccc(-c4ccc(CCS)cc4)c4ccc1c2c34. The highest BCUT2D eigenvalue weighted by Crippen LogP contribution is 2.42. The standard InChI is InChI=1S/C31H28S/c1-4-6-24-19-29(20(3)5-2)28-14-12-23-11-13-25(22-9-7-21(8-10-22)17-18-32)27-16-15-26(24)31(28)30(23)27/h4-5,7-16,19,32H,1,6,17-18H2,2-3H3/b20-5+. The highest BCUT2D eigenvalue weighted by Gasteiger charge is 2.16. The first kappa shape index (κ1) is 20.8. The van der Waals surface area contributed by atoms with Crippen LogP contribution in [0, 0.1) is 0 Å². The number of thiol groups is 1. The van der Waals surface area contributed by atoms with E-state index < -0.39 is 0 Å². The van der Waals surface area contributed by atoms with E-state index in [-0.39, 0.29) is 0 Å². The third-order valence-corrected chi connectivity index (χ3v) is 6.98. The van der Waals surface area contributed by atoms with Crippen LogP contribution in [0.4, 0.5) is 0 Å². The van der Waals surface area contributed by atoms with Crippen molar-refractivity contribution in [3.8, 4) is 11.1 Å². The van der Waals surface area contributed by atoms with Crippen molar-refractivity contribution in [2.45, 2.75) is 26.7 Å². The summed E-state index contributed by atoms with van der Waals surface area (Å²) >= 11 is 4.37. The van der Waals surface area contributed by atoms with Gasteiger partial charge < -0.3 is 0 Å². The molecule has 0 nitrogen and oxygen atoms in total. The summed E-state index contributed by atoms with van der Waals surface area (Å²) in [4.78, 5) is 0.